The van der Waals surface area contributed by atoms with Crippen molar-refractivity contribution in [3.05, 3.63) is 96.2 Å². The number of benzene rings is 2. The number of imidazole rings is 1. The normalized spacial score (nSPS) is 15.4. The number of halogens is 3. The van der Waals surface area contributed by atoms with Crippen LogP contribution in [0.1, 0.15) is 39.5 Å². The van der Waals surface area contributed by atoms with Crippen LogP contribution in [-0.2, 0) is 26.7 Å². The molecule has 2 heterocycles. The number of aromatic nitrogens is 4. The summed E-state index contributed by atoms with van der Waals surface area (Å²) in [7, 11) is 3.09. The largest absolute Gasteiger partial charge is 0.545 e. The van der Waals surface area contributed by atoms with Crippen LogP contribution in [0.4, 0.5) is 13.2 Å². The molecule has 4 aromatic rings. The van der Waals surface area contributed by atoms with Crippen LogP contribution in [0, 0.1) is 0 Å². The Morgan fingerprint density at radius 2 is 1.69 bits per heavy atom. The average Bonchev–Trinajstić information content (AvgIpc) is 3.33. The highest BCUT2D eigenvalue weighted by atomic mass is 19.4. The summed E-state index contributed by atoms with van der Waals surface area (Å²) in [5.74, 6) is -1.84. The van der Waals surface area contributed by atoms with Crippen LogP contribution in [0.2, 0.25) is 0 Å². The van der Waals surface area contributed by atoms with E-state index in [1.54, 1.807) is 13.1 Å². The van der Waals surface area contributed by atoms with E-state index in [0.717, 1.165) is 16.8 Å². The van der Waals surface area contributed by atoms with Gasteiger partial charge in [0.05, 0.1) is 39.9 Å². The van der Waals surface area contributed by atoms with Gasteiger partial charge in [-0.05, 0) is 48.2 Å². The van der Waals surface area contributed by atoms with E-state index < -0.39 is 40.6 Å². The first-order valence-corrected chi connectivity index (χ1v) is 10.9. The van der Waals surface area contributed by atoms with Gasteiger partial charge in [-0.3, -0.25) is 23.1 Å². The van der Waals surface area contributed by atoms with Gasteiger partial charge in [0.25, 0.3) is 5.56 Å². The number of nitrogens with zero attached hydrogens (tertiary/aromatic N) is 4. The zero-order chi connectivity index (χ0) is 26.1. The summed E-state index contributed by atoms with van der Waals surface area (Å²) in [6, 6.07) is 6.94. The van der Waals surface area contributed by atoms with Crippen molar-refractivity contribution in [3.8, 4) is 5.69 Å². The molecule has 0 bridgehead atoms. The summed E-state index contributed by atoms with van der Waals surface area (Å²) in [5, 5.41) is 11.8. The molecule has 0 N–H and O–H groups in total. The molecule has 0 saturated carbocycles. The number of hydrogen-bond acceptors (Lipinski definition) is 5. The van der Waals surface area contributed by atoms with Gasteiger partial charge >= 0.3 is 17.6 Å². The number of carboxylic acids is 1. The van der Waals surface area contributed by atoms with Gasteiger partial charge in [0.1, 0.15) is 0 Å². The summed E-state index contributed by atoms with van der Waals surface area (Å²) < 4.78 is 44.9. The first-order valence-electron chi connectivity index (χ1n) is 10.9. The molecule has 36 heavy (non-hydrogen) atoms. The summed E-state index contributed by atoms with van der Waals surface area (Å²) in [6.07, 6.45) is -3.84. The highest BCUT2D eigenvalue weighted by molar-refractivity contribution is 5.85. The number of carbonyl (C=O) groups excluding carboxylic acids is 1. The van der Waals surface area contributed by atoms with Crippen molar-refractivity contribution < 1.29 is 23.1 Å². The van der Waals surface area contributed by atoms with Crippen LogP contribution >= 0.6 is 0 Å². The highest BCUT2D eigenvalue weighted by Crippen LogP contribution is 2.41. The second kappa shape index (κ2) is 7.83. The van der Waals surface area contributed by atoms with E-state index in [1.807, 2.05) is 0 Å². The van der Waals surface area contributed by atoms with Crippen LogP contribution in [0.15, 0.2) is 57.0 Å². The number of fused-ring (bicyclic) bond motifs is 2. The molecule has 1 unspecified atom stereocenters. The lowest BCUT2D eigenvalue weighted by Gasteiger charge is -2.19. The summed E-state index contributed by atoms with van der Waals surface area (Å²) in [4.78, 5) is 50.7. The van der Waals surface area contributed by atoms with Crippen LogP contribution in [-0.4, -0.2) is 24.2 Å². The van der Waals surface area contributed by atoms with Gasteiger partial charge in [-0.2, -0.15) is 13.2 Å². The fraction of sp³-hybridized carbons (Fsp3) is 0.250. The molecule has 1 aliphatic carbocycles. The number of alkyl halides is 3. The molecule has 0 saturated heterocycles. The molecule has 0 fully saturated rings. The Bertz CT molecular complexity index is 1760. The number of aryl methyl sites for hydroxylation is 2. The summed E-state index contributed by atoms with van der Waals surface area (Å²) in [6.45, 7) is 0. The fourth-order valence-corrected chi connectivity index (χ4v) is 4.98. The van der Waals surface area contributed by atoms with Crippen molar-refractivity contribution in [2.45, 2.75) is 25.1 Å². The van der Waals surface area contributed by atoms with E-state index >= 15 is 0 Å². The van der Waals surface area contributed by atoms with Gasteiger partial charge in [-0.25, -0.2) is 9.59 Å². The molecule has 0 aliphatic heterocycles. The van der Waals surface area contributed by atoms with Crippen LogP contribution in [0.25, 0.3) is 16.7 Å². The van der Waals surface area contributed by atoms with E-state index in [9.17, 15) is 37.5 Å². The molecule has 186 valence electrons. The molecule has 0 amide bonds. The number of rotatable bonds is 3. The maximum Gasteiger partial charge on any atom is 0.416 e. The maximum atomic E-state index is 13.6. The van der Waals surface area contributed by atoms with Gasteiger partial charge in [0.2, 0.25) is 0 Å². The number of aromatic carboxylic acids is 1. The number of carboxylic acid groups (broad SMARTS) is 1. The highest BCUT2D eigenvalue weighted by Gasteiger charge is 2.38. The minimum absolute atomic E-state index is 0.000294. The van der Waals surface area contributed by atoms with Crippen molar-refractivity contribution in [2.24, 2.45) is 14.1 Å². The third-order valence-corrected chi connectivity index (χ3v) is 6.73. The van der Waals surface area contributed by atoms with Gasteiger partial charge in [-0.15, -0.1) is 0 Å². The second-order valence-electron chi connectivity index (χ2n) is 8.66. The van der Waals surface area contributed by atoms with Crippen molar-refractivity contribution in [1.29, 1.82) is 0 Å². The van der Waals surface area contributed by atoms with Gasteiger partial charge < -0.3 is 9.90 Å². The SMILES string of the molecule is Cn1c(=O)n(C)c2cc(-n3cc(C(=O)[O-])c(=O)n(C4CCc5c4cccc5C(F)(F)F)c3=O)ccc21. The van der Waals surface area contributed by atoms with Crippen molar-refractivity contribution in [2.75, 3.05) is 0 Å². The number of carbonyl (C=O) groups is 1. The Balaban J connectivity index is 1.77. The molecule has 0 spiro atoms. The molecule has 5 rings (SSSR count). The Morgan fingerprint density at radius 3 is 2.36 bits per heavy atom. The minimum Gasteiger partial charge on any atom is -0.545 e. The van der Waals surface area contributed by atoms with Gasteiger partial charge in [0.15, 0.2) is 0 Å². The van der Waals surface area contributed by atoms with Crippen LogP contribution < -0.4 is 22.0 Å². The van der Waals surface area contributed by atoms with Crippen molar-refractivity contribution >= 4 is 17.0 Å². The molecule has 0 radical (unpaired) electrons. The van der Waals surface area contributed by atoms with Crippen LogP contribution in [0.3, 0.4) is 0 Å². The zero-order valence-electron chi connectivity index (χ0n) is 19.0. The molecular weight excluding hydrogens is 481 g/mol. The molecule has 12 heteroatoms. The third-order valence-electron chi connectivity index (χ3n) is 6.73. The predicted molar refractivity (Wildman–Crippen MR) is 120 cm³/mol. The van der Waals surface area contributed by atoms with Gasteiger partial charge in [0, 0.05) is 20.3 Å². The van der Waals surface area contributed by atoms with Gasteiger partial charge in [-0.1, -0.05) is 12.1 Å². The Labute approximate surface area is 199 Å². The maximum absolute atomic E-state index is 13.6. The topological polar surface area (TPSA) is 111 Å². The van der Waals surface area contributed by atoms with E-state index in [0.29, 0.717) is 15.6 Å². The lowest BCUT2D eigenvalue weighted by Crippen LogP contribution is -2.45. The van der Waals surface area contributed by atoms with Crippen molar-refractivity contribution in [3.63, 3.8) is 0 Å². The monoisotopic (exact) mass is 499 g/mol. The first-order chi connectivity index (χ1) is 16.9. The number of hydrogen-bond donors (Lipinski definition) is 0. The summed E-state index contributed by atoms with van der Waals surface area (Å²) >= 11 is 0. The molecule has 2 aromatic heterocycles. The molecular formula is C24H18F3N4O5-. The molecule has 1 atom stereocenters. The molecule has 2 aromatic carbocycles. The van der Waals surface area contributed by atoms with Crippen LogP contribution in [0.5, 0.6) is 0 Å². The molecule has 1 aliphatic rings. The van der Waals surface area contributed by atoms with E-state index in [1.165, 1.54) is 40.4 Å². The van der Waals surface area contributed by atoms with Crippen molar-refractivity contribution in [1.82, 2.24) is 18.3 Å². The fourth-order valence-electron chi connectivity index (χ4n) is 4.98. The third kappa shape index (κ3) is 3.32. The lowest BCUT2D eigenvalue weighted by atomic mass is 10.0. The quantitative estimate of drug-likeness (QED) is 0.419. The standard InChI is InChI=1S/C24H19F3N4O5/c1-28-18-8-6-12(10-19(18)29(2)22(28)35)30-11-15(21(33)34)20(32)31(23(30)36)17-9-7-13-14(17)4-3-5-16(13)24(25,26)27/h3-6,8,10-11,17H,7,9H2,1-2H3,(H,33,34)/p-1. The Hall–Kier alpha value is -4.35. The Morgan fingerprint density at radius 1 is 1.00 bits per heavy atom. The summed E-state index contributed by atoms with van der Waals surface area (Å²) in [5.41, 5.74) is -2.85. The Kier molecular flexibility index (Phi) is 5.09. The van der Waals surface area contributed by atoms with E-state index in [2.05, 4.69) is 0 Å². The molecule has 9 nitrogen and oxygen atoms in total. The predicted octanol–water partition coefficient (Wildman–Crippen LogP) is 1.11. The minimum atomic E-state index is -4.63. The second-order valence-corrected chi connectivity index (χ2v) is 8.66. The zero-order valence-corrected chi connectivity index (χ0v) is 19.0. The first kappa shape index (κ1) is 23.4. The smallest absolute Gasteiger partial charge is 0.416 e. The van der Waals surface area contributed by atoms with E-state index in [4.69, 9.17) is 0 Å². The van der Waals surface area contributed by atoms with E-state index in [-0.39, 0.29) is 35.3 Å². The average molecular weight is 499 g/mol. The lowest BCUT2D eigenvalue weighted by molar-refractivity contribution is -0.255.